The van der Waals surface area contributed by atoms with Gasteiger partial charge < -0.3 is 5.32 Å². The zero-order valence-corrected chi connectivity index (χ0v) is 19.1. The first-order valence-corrected chi connectivity index (χ1v) is 12.8. The average molecular weight is 471 g/mol. The Morgan fingerprint density at radius 3 is 2.56 bits per heavy atom. The molecule has 1 heterocycles. The Balaban J connectivity index is 1.37. The third kappa shape index (κ3) is 3.46. The van der Waals surface area contributed by atoms with Crippen molar-refractivity contribution in [3.8, 4) is 0 Å². The lowest BCUT2D eigenvalue weighted by atomic mass is 9.77. The van der Waals surface area contributed by atoms with Gasteiger partial charge in [0.15, 0.2) is 0 Å². The second kappa shape index (κ2) is 7.99. The molecule has 4 aromatic rings. The third-order valence-electron chi connectivity index (χ3n) is 6.92. The minimum atomic E-state index is -3.80. The Hall–Kier alpha value is -3.64. The van der Waals surface area contributed by atoms with E-state index in [4.69, 9.17) is 0 Å². The Morgan fingerprint density at radius 1 is 0.882 bits per heavy atom. The van der Waals surface area contributed by atoms with Gasteiger partial charge in [-0.3, -0.25) is 4.72 Å². The number of fused-ring (bicyclic) bond motifs is 4. The first-order chi connectivity index (χ1) is 16.5. The van der Waals surface area contributed by atoms with Gasteiger partial charge >= 0.3 is 0 Å². The fourth-order valence-corrected chi connectivity index (χ4v) is 6.41. The van der Waals surface area contributed by atoms with Gasteiger partial charge in [0.25, 0.3) is 10.0 Å². The summed E-state index contributed by atoms with van der Waals surface area (Å²) in [6.45, 7) is 0. The van der Waals surface area contributed by atoms with Crippen molar-refractivity contribution < 1.29 is 12.8 Å². The number of sulfonamides is 1. The SMILES string of the molecule is O=S(=O)(Nc1cccc2ccccc12)c1ccc2c(c1)[C@H]1C=CC[C@H]1[C@@H](c1ccccc1F)N2. The number of rotatable bonds is 4. The molecule has 6 rings (SSSR count). The molecule has 34 heavy (non-hydrogen) atoms. The number of hydrogen-bond donors (Lipinski definition) is 2. The molecule has 0 aromatic heterocycles. The van der Waals surface area contributed by atoms with Crippen LogP contribution in [0.25, 0.3) is 10.8 Å². The van der Waals surface area contributed by atoms with Crippen molar-refractivity contribution in [2.24, 2.45) is 5.92 Å². The van der Waals surface area contributed by atoms with Crippen LogP contribution in [0, 0.1) is 11.7 Å². The first kappa shape index (κ1) is 20.9. The van der Waals surface area contributed by atoms with Crippen LogP contribution in [-0.2, 0) is 10.0 Å². The summed E-state index contributed by atoms with van der Waals surface area (Å²) in [5.74, 6) is -0.0884. The highest BCUT2D eigenvalue weighted by atomic mass is 32.2. The lowest BCUT2D eigenvalue weighted by molar-refractivity contribution is 0.413. The molecule has 0 spiro atoms. The molecule has 1 aliphatic heterocycles. The predicted molar refractivity (Wildman–Crippen MR) is 134 cm³/mol. The fourth-order valence-electron chi connectivity index (χ4n) is 5.29. The monoisotopic (exact) mass is 470 g/mol. The highest BCUT2D eigenvalue weighted by Gasteiger charge is 2.39. The van der Waals surface area contributed by atoms with E-state index in [-0.39, 0.29) is 28.6 Å². The summed E-state index contributed by atoms with van der Waals surface area (Å²) in [5.41, 5.74) is 2.95. The van der Waals surface area contributed by atoms with Crippen LogP contribution in [0.3, 0.4) is 0 Å². The number of halogens is 1. The second-order valence-electron chi connectivity index (χ2n) is 8.88. The van der Waals surface area contributed by atoms with E-state index in [1.54, 1.807) is 30.3 Å². The maximum absolute atomic E-state index is 14.6. The van der Waals surface area contributed by atoms with Gasteiger partial charge in [-0.25, -0.2) is 12.8 Å². The van der Waals surface area contributed by atoms with Gasteiger partial charge in [-0.1, -0.05) is 66.7 Å². The van der Waals surface area contributed by atoms with E-state index in [1.807, 2.05) is 48.5 Å². The molecule has 4 aromatic carbocycles. The normalized spacial score (nSPS) is 21.0. The second-order valence-corrected chi connectivity index (χ2v) is 10.6. The Labute approximate surface area is 198 Å². The number of hydrogen-bond acceptors (Lipinski definition) is 3. The van der Waals surface area contributed by atoms with Crippen molar-refractivity contribution in [3.05, 3.63) is 114 Å². The standard InChI is InChI=1S/C28H23FN2O2S/c29-25-13-4-3-10-23(25)28-22-12-6-11-21(22)24-17-19(15-16-26(24)30-28)34(32,33)31-27-14-5-8-18-7-1-2-9-20(18)27/h1-11,13-17,21-22,28,30-31H,12H2/t21-,22+,28-/m0/s1. The number of anilines is 2. The molecule has 2 N–H and O–H groups in total. The lowest BCUT2D eigenvalue weighted by Crippen LogP contribution is -2.30. The van der Waals surface area contributed by atoms with Crippen molar-refractivity contribution in [3.63, 3.8) is 0 Å². The molecule has 4 nitrogen and oxygen atoms in total. The zero-order chi connectivity index (χ0) is 23.3. The Kier molecular flexibility index (Phi) is 4.92. The smallest absolute Gasteiger partial charge is 0.261 e. The summed E-state index contributed by atoms with van der Waals surface area (Å²) >= 11 is 0. The summed E-state index contributed by atoms with van der Waals surface area (Å²) in [5, 5.41) is 5.30. The molecule has 0 saturated carbocycles. The Morgan fingerprint density at radius 2 is 1.68 bits per heavy atom. The van der Waals surface area contributed by atoms with Crippen LogP contribution in [-0.4, -0.2) is 8.42 Å². The van der Waals surface area contributed by atoms with E-state index in [2.05, 4.69) is 22.2 Å². The van der Waals surface area contributed by atoms with Crippen molar-refractivity contribution in [1.29, 1.82) is 0 Å². The van der Waals surface area contributed by atoms with E-state index in [9.17, 15) is 12.8 Å². The minimum absolute atomic E-state index is 0.0218. The summed E-state index contributed by atoms with van der Waals surface area (Å²) < 4.78 is 44.1. The van der Waals surface area contributed by atoms with Gasteiger partial charge in [0, 0.05) is 22.6 Å². The summed E-state index contributed by atoms with van der Waals surface area (Å²) in [7, 11) is -3.80. The summed E-state index contributed by atoms with van der Waals surface area (Å²) in [4.78, 5) is 0.212. The van der Waals surface area contributed by atoms with Gasteiger partial charge in [0.1, 0.15) is 5.82 Å². The molecule has 0 saturated heterocycles. The molecule has 0 amide bonds. The van der Waals surface area contributed by atoms with E-state index in [1.165, 1.54) is 6.07 Å². The molecule has 170 valence electrons. The molecule has 0 bridgehead atoms. The first-order valence-electron chi connectivity index (χ1n) is 11.3. The van der Waals surface area contributed by atoms with E-state index in [0.717, 1.165) is 28.4 Å². The van der Waals surface area contributed by atoms with Gasteiger partial charge in [0.05, 0.1) is 16.6 Å². The van der Waals surface area contributed by atoms with Gasteiger partial charge in [-0.15, -0.1) is 0 Å². The van der Waals surface area contributed by atoms with Crippen LogP contribution in [0.4, 0.5) is 15.8 Å². The molecule has 0 unspecified atom stereocenters. The number of allylic oxidation sites excluding steroid dienone is 2. The van der Waals surface area contributed by atoms with E-state index >= 15 is 0 Å². The highest BCUT2D eigenvalue weighted by Crippen LogP contribution is 2.50. The molecular formula is C28H23FN2O2S. The molecule has 0 fully saturated rings. The zero-order valence-electron chi connectivity index (χ0n) is 18.3. The van der Waals surface area contributed by atoms with E-state index in [0.29, 0.717) is 11.3 Å². The summed E-state index contributed by atoms with van der Waals surface area (Å²) in [6.07, 6.45) is 5.03. The maximum Gasteiger partial charge on any atom is 0.261 e. The van der Waals surface area contributed by atoms with Crippen LogP contribution in [0.1, 0.15) is 29.5 Å². The highest BCUT2D eigenvalue weighted by molar-refractivity contribution is 7.92. The molecule has 3 atom stereocenters. The quantitative estimate of drug-likeness (QED) is 0.330. The predicted octanol–water partition coefficient (Wildman–Crippen LogP) is 6.61. The Bertz CT molecular complexity index is 1540. The molecule has 6 heteroatoms. The van der Waals surface area contributed by atoms with Gasteiger partial charge in [-0.05, 0) is 53.6 Å². The number of nitrogens with one attached hydrogen (secondary N) is 2. The minimum Gasteiger partial charge on any atom is -0.378 e. The topological polar surface area (TPSA) is 58.2 Å². The average Bonchev–Trinajstić information content (AvgIpc) is 3.34. The van der Waals surface area contributed by atoms with Crippen molar-refractivity contribution in [2.75, 3.05) is 10.0 Å². The summed E-state index contributed by atoms with van der Waals surface area (Å²) in [6, 6.07) is 25.1. The van der Waals surface area contributed by atoms with Crippen molar-refractivity contribution in [2.45, 2.75) is 23.3 Å². The maximum atomic E-state index is 14.6. The lowest BCUT2D eigenvalue weighted by Gasteiger charge is -2.37. The van der Waals surface area contributed by atoms with Crippen LogP contribution in [0.5, 0.6) is 0 Å². The van der Waals surface area contributed by atoms with Crippen molar-refractivity contribution in [1.82, 2.24) is 0 Å². The van der Waals surface area contributed by atoms with Crippen LogP contribution in [0.2, 0.25) is 0 Å². The third-order valence-corrected chi connectivity index (χ3v) is 8.28. The van der Waals surface area contributed by atoms with Gasteiger partial charge in [-0.2, -0.15) is 0 Å². The van der Waals surface area contributed by atoms with Gasteiger partial charge in [0.2, 0.25) is 0 Å². The number of benzene rings is 4. The van der Waals surface area contributed by atoms with Crippen LogP contribution >= 0.6 is 0 Å². The van der Waals surface area contributed by atoms with Crippen molar-refractivity contribution >= 4 is 32.2 Å². The van der Waals surface area contributed by atoms with Crippen LogP contribution < -0.4 is 10.0 Å². The van der Waals surface area contributed by atoms with Crippen LogP contribution in [0.15, 0.2) is 102 Å². The molecule has 1 aliphatic carbocycles. The molecule has 2 aliphatic rings. The molecular weight excluding hydrogens is 447 g/mol. The molecule has 0 radical (unpaired) electrons. The van der Waals surface area contributed by atoms with E-state index < -0.39 is 10.0 Å². The fraction of sp³-hybridized carbons (Fsp3) is 0.143. The largest absolute Gasteiger partial charge is 0.378 e.